The highest BCUT2D eigenvalue weighted by Gasteiger charge is 2.38. The van der Waals surface area contributed by atoms with Crippen molar-refractivity contribution in [2.75, 3.05) is 66.6 Å². The van der Waals surface area contributed by atoms with Crippen molar-refractivity contribution in [1.29, 1.82) is 0 Å². The maximum atomic E-state index is 14.1. The molecule has 434 valence electrons. The highest BCUT2D eigenvalue weighted by molar-refractivity contribution is 6.08. The first kappa shape index (κ1) is 52.3. The quantitative estimate of drug-likeness (QED) is 0.0225. The Bertz CT molecular complexity index is 3330. The Hall–Kier alpha value is -6.83. The molecule has 2 aliphatic heterocycles. The monoisotopic (exact) mass is 1110 g/mol. The smallest absolute Gasteiger partial charge is 0.251 e. The molecule has 18 nitrogen and oxygen atoms in total. The number of aromatic nitrogens is 4. The van der Waals surface area contributed by atoms with Crippen molar-refractivity contribution in [2.24, 2.45) is 11.8 Å². The molecule has 0 aliphatic carbocycles. The third-order valence-electron chi connectivity index (χ3n) is 15.6. The SMILES string of the molecule is [2H]C([2H])([2H])N[C@@H](C)C(=O)N[C@H](C(=O)N1CCC[C@H]1c1cncc(-n2ccc3c(C(=O)CCCCOCCOCCCNC(=O)c4cccc5c4ccn5-c4cncc([C@@H]5CCCN5C(=O)[C@@H](NC[C@H](C)NC([2H])([2H])[2H])C(C)C)c4)cccc32)c1)C(C)C. The first-order valence-electron chi connectivity index (χ1n) is 31.8. The number of Topliss-reactive ketones (excluding diaryl/α,β-unsaturated/α-hetero) is 1. The van der Waals surface area contributed by atoms with E-state index in [2.05, 4.69) is 42.6 Å². The first-order valence-corrected chi connectivity index (χ1v) is 28.8. The number of ketones is 1. The van der Waals surface area contributed by atoms with E-state index in [1.165, 1.54) is 6.92 Å². The number of hydrogen-bond acceptors (Lipinski definition) is 12. The molecule has 6 heterocycles. The molecule has 6 aromatic rings. The van der Waals surface area contributed by atoms with E-state index >= 15 is 0 Å². The number of pyridine rings is 2. The lowest BCUT2D eigenvalue weighted by atomic mass is 10.00. The molecule has 6 atom stereocenters. The second-order valence-corrected chi connectivity index (χ2v) is 22.2. The number of hydrogen-bond donors (Lipinski definition) is 5. The van der Waals surface area contributed by atoms with Gasteiger partial charge in [-0.3, -0.25) is 33.9 Å². The minimum Gasteiger partial charge on any atom is -0.379 e. The van der Waals surface area contributed by atoms with Crippen LogP contribution in [-0.2, 0) is 23.9 Å². The Balaban J connectivity index is 0.745. The molecule has 8 rings (SSSR count). The van der Waals surface area contributed by atoms with Gasteiger partial charge in [0.2, 0.25) is 17.7 Å². The molecule has 5 N–H and O–H groups in total. The van der Waals surface area contributed by atoms with Gasteiger partial charge in [-0.25, -0.2) is 0 Å². The van der Waals surface area contributed by atoms with E-state index in [0.717, 1.165) is 63.6 Å². The number of nitrogens with one attached hydrogen (secondary N) is 5. The Morgan fingerprint density at radius 1 is 0.654 bits per heavy atom. The second kappa shape index (κ2) is 28.7. The molecule has 0 radical (unpaired) electrons. The largest absolute Gasteiger partial charge is 0.379 e. The minimum absolute atomic E-state index is 0.0173. The van der Waals surface area contributed by atoms with Crippen molar-refractivity contribution in [3.05, 3.63) is 120 Å². The van der Waals surface area contributed by atoms with Gasteiger partial charge in [0.15, 0.2) is 5.78 Å². The van der Waals surface area contributed by atoms with Gasteiger partial charge in [-0.05, 0) is 138 Å². The Morgan fingerprint density at radius 3 is 1.79 bits per heavy atom. The third kappa shape index (κ3) is 14.6. The van der Waals surface area contributed by atoms with Crippen LogP contribution in [0.4, 0.5) is 0 Å². The normalized spacial score (nSPS) is 18.5. The molecule has 2 aromatic carbocycles. The van der Waals surface area contributed by atoms with Gasteiger partial charge >= 0.3 is 0 Å². The number of benzene rings is 2. The Kier molecular flexibility index (Phi) is 18.5. The summed E-state index contributed by atoms with van der Waals surface area (Å²) in [5.41, 5.74) is 6.24. The van der Waals surface area contributed by atoms with Crippen molar-refractivity contribution in [2.45, 2.75) is 129 Å². The fraction of sp³-hybridized carbons (Fsp3) is 0.508. The number of amides is 4. The van der Waals surface area contributed by atoms with E-state index in [9.17, 15) is 24.0 Å². The summed E-state index contributed by atoms with van der Waals surface area (Å²) in [6, 6.07) is 16.1. The molecule has 2 fully saturated rings. The zero-order valence-corrected chi connectivity index (χ0v) is 47.7. The summed E-state index contributed by atoms with van der Waals surface area (Å²) in [6.07, 6.45) is 16.4. The fourth-order valence-corrected chi connectivity index (χ4v) is 11.1. The lowest BCUT2D eigenvalue weighted by molar-refractivity contribution is -0.138. The summed E-state index contributed by atoms with van der Waals surface area (Å²) < 4.78 is 60.7. The number of fused-ring (bicyclic) bond motifs is 2. The van der Waals surface area contributed by atoms with Crippen molar-refractivity contribution < 1.29 is 41.7 Å². The highest BCUT2D eigenvalue weighted by atomic mass is 16.5. The van der Waals surface area contributed by atoms with Gasteiger partial charge in [0, 0.05) is 107 Å². The molecule has 2 saturated heterocycles. The van der Waals surface area contributed by atoms with Gasteiger partial charge in [0.25, 0.3) is 5.91 Å². The van der Waals surface area contributed by atoms with E-state index < -0.39 is 38.0 Å². The van der Waals surface area contributed by atoms with Crippen LogP contribution in [0.15, 0.2) is 97.8 Å². The second-order valence-electron chi connectivity index (χ2n) is 22.2. The lowest BCUT2D eigenvalue weighted by Gasteiger charge is -2.32. The molecule has 4 aromatic heterocycles. The summed E-state index contributed by atoms with van der Waals surface area (Å²) >= 11 is 0. The van der Waals surface area contributed by atoms with E-state index in [-0.39, 0.29) is 53.5 Å². The van der Waals surface area contributed by atoms with Crippen LogP contribution >= 0.6 is 0 Å². The molecule has 0 unspecified atom stereocenters. The number of carbonyl (C=O) groups is 5. The number of likely N-dealkylation sites (N-methyl/N-ethyl adjacent to an activating group) is 2. The van der Waals surface area contributed by atoms with Gasteiger partial charge in [0.1, 0.15) is 6.04 Å². The van der Waals surface area contributed by atoms with E-state index in [4.69, 9.17) is 17.7 Å². The number of rotatable bonds is 29. The predicted octanol–water partition coefficient (Wildman–Crippen LogP) is 7.87. The molecule has 0 bridgehead atoms. The van der Waals surface area contributed by atoms with Gasteiger partial charge in [-0.2, -0.15) is 0 Å². The summed E-state index contributed by atoms with van der Waals surface area (Å²) in [5.74, 6) is -1.23. The van der Waals surface area contributed by atoms with Crippen LogP contribution in [0.25, 0.3) is 33.2 Å². The highest BCUT2D eigenvalue weighted by Crippen LogP contribution is 2.36. The van der Waals surface area contributed by atoms with E-state index in [1.807, 2.05) is 115 Å². The van der Waals surface area contributed by atoms with Crippen LogP contribution in [0, 0.1) is 11.8 Å². The number of likely N-dealkylation sites (tertiary alicyclic amines) is 2. The van der Waals surface area contributed by atoms with Gasteiger partial charge in [-0.1, -0.05) is 45.9 Å². The van der Waals surface area contributed by atoms with Gasteiger partial charge in [0.05, 0.1) is 72.2 Å². The average molecular weight is 1110 g/mol. The minimum atomic E-state index is -2.51. The third-order valence-corrected chi connectivity index (χ3v) is 15.6. The maximum Gasteiger partial charge on any atom is 0.251 e. The number of unbranched alkanes of at least 4 members (excludes halogenated alkanes) is 1. The summed E-state index contributed by atoms with van der Waals surface area (Å²) in [4.78, 5) is 81.1. The summed E-state index contributed by atoms with van der Waals surface area (Å²) in [6.45, 7) is 9.72. The molecule has 18 heteroatoms. The molecule has 4 amide bonds. The van der Waals surface area contributed by atoms with Crippen LogP contribution in [0.1, 0.15) is 145 Å². The molecule has 2 aliphatic rings. The van der Waals surface area contributed by atoms with Gasteiger partial charge < -0.3 is 55.0 Å². The van der Waals surface area contributed by atoms with Crippen molar-refractivity contribution in [3.63, 3.8) is 0 Å². The van der Waals surface area contributed by atoms with Crippen LogP contribution in [0.3, 0.4) is 0 Å². The Morgan fingerprint density at radius 2 is 1.21 bits per heavy atom. The molecular weight excluding hydrogens is 1020 g/mol. The zero-order valence-electron chi connectivity index (χ0n) is 53.7. The van der Waals surface area contributed by atoms with Crippen LogP contribution < -0.4 is 26.6 Å². The lowest BCUT2D eigenvalue weighted by Crippen LogP contribution is -2.54. The van der Waals surface area contributed by atoms with Crippen molar-refractivity contribution in [3.8, 4) is 11.4 Å². The van der Waals surface area contributed by atoms with Crippen LogP contribution in [-0.4, -0.2) is 149 Å². The zero-order chi connectivity index (χ0) is 62.6. The molecular formula is C63H85N11O7. The number of ether oxygens (including phenoxy) is 2. The topological polar surface area (TPSA) is 206 Å². The number of nitrogens with zero attached hydrogens (tertiary/aromatic N) is 6. The first-order chi connectivity index (χ1) is 41.5. The van der Waals surface area contributed by atoms with Crippen LogP contribution in [0.5, 0.6) is 0 Å². The predicted molar refractivity (Wildman–Crippen MR) is 317 cm³/mol. The summed E-state index contributed by atoms with van der Waals surface area (Å²) in [5, 5.41) is 15.7. The van der Waals surface area contributed by atoms with Gasteiger partial charge in [-0.15, -0.1) is 0 Å². The van der Waals surface area contributed by atoms with Crippen molar-refractivity contribution >= 4 is 51.2 Å². The average Bonchev–Trinajstić information content (AvgIpc) is 2.41. The summed E-state index contributed by atoms with van der Waals surface area (Å²) in [7, 11) is 0. The fourth-order valence-electron chi connectivity index (χ4n) is 11.1. The van der Waals surface area contributed by atoms with E-state index in [1.54, 1.807) is 30.4 Å². The van der Waals surface area contributed by atoms with E-state index in [0.29, 0.717) is 95.8 Å². The molecule has 0 spiro atoms. The Labute approximate surface area is 485 Å². The maximum absolute atomic E-state index is 14.1. The standard InChI is InChI=1S/C63H85N11O7/c1-41(2)58(69-36-43(5)64-7)62(78)73-26-13-20-53(73)45-34-48(40-66-37-45)72-29-24-50-52(17-12-19-56(50)72)61(77)68-25-15-31-81-33-32-80-30-10-9-22-57(75)51-16-11-18-55-49(51)23-28-71(55)47-35-46(38-67-39-47)54-21-14-27-74(54)63(79)59(42(3)4)70-60(76)44(6)65-8/h11-12,16-19,23-24,28-29,34-35,37-44,53-54,58-59,64-65,69H,9-10,13-15,20-22,25-27,30-33,36H2,1-8H3,(H,68,77)(H,70,76)/t43-,44-,53-,54-,58-,59-/m0/s1/i7D3,8D3. The van der Waals surface area contributed by atoms with Crippen molar-refractivity contribution in [1.82, 2.24) is 55.5 Å². The van der Waals surface area contributed by atoms with Crippen LogP contribution in [0.2, 0.25) is 0 Å². The molecule has 0 saturated carbocycles. The molecule has 81 heavy (non-hydrogen) atoms. The number of carbonyl (C=O) groups excluding carboxylic acids is 5.